The second-order valence-electron chi connectivity index (χ2n) is 5.22. The van der Waals surface area contributed by atoms with Crippen LogP contribution in [0.3, 0.4) is 0 Å². The normalized spacial score (nSPS) is 12.6. The van der Waals surface area contributed by atoms with Crippen molar-refractivity contribution in [2.24, 2.45) is 0 Å². The lowest BCUT2D eigenvalue weighted by Gasteiger charge is -2.18. The summed E-state index contributed by atoms with van der Waals surface area (Å²) in [5.41, 5.74) is 4.14. The topological polar surface area (TPSA) is 12.0 Å². The lowest BCUT2D eigenvalue weighted by Crippen LogP contribution is -2.23. The van der Waals surface area contributed by atoms with E-state index >= 15 is 0 Å². The number of hydrogen-bond donors (Lipinski definition) is 1. The molecule has 0 spiro atoms. The molecule has 1 nitrogen and oxygen atoms in total. The van der Waals surface area contributed by atoms with E-state index in [9.17, 15) is 0 Å². The van der Waals surface area contributed by atoms with Crippen LogP contribution >= 0.6 is 11.3 Å². The molecule has 1 unspecified atom stereocenters. The van der Waals surface area contributed by atoms with E-state index in [2.05, 4.69) is 61.8 Å². The molecule has 0 saturated heterocycles. The summed E-state index contributed by atoms with van der Waals surface area (Å²) in [6.07, 6.45) is 2.25. The van der Waals surface area contributed by atoms with E-state index in [1.54, 1.807) is 0 Å². The number of aryl methyl sites for hydroxylation is 2. The SMILES string of the molecule is CCCNC(Cc1cc(C)cc(C)c1)c1cccs1. The van der Waals surface area contributed by atoms with E-state index in [0.717, 1.165) is 13.0 Å². The second-order valence-corrected chi connectivity index (χ2v) is 6.20. The van der Waals surface area contributed by atoms with Gasteiger partial charge >= 0.3 is 0 Å². The van der Waals surface area contributed by atoms with Crippen molar-refractivity contribution in [3.05, 3.63) is 57.3 Å². The fourth-order valence-electron chi connectivity index (χ4n) is 2.50. The van der Waals surface area contributed by atoms with Crippen LogP contribution in [0.1, 0.15) is 41.0 Å². The number of rotatable bonds is 6. The lowest BCUT2D eigenvalue weighted by molar-refractivity contribution is 0.536. The van der Waals surface area contributed by atoms with Crippen molar-refractivity contribution in [3.8, 4) is 0 Å². The van der Waals surface area contributed by atoms with Gasteiger partial charge in [0.05, 0.1) is 0 Å². The van der Waals surface area contributed by atoms with Crippen LogP contribution in [0.25, 0.3) is 0 Å². The highest BCUT2D eigenvalue weighted by Crippen LogP contribution is 2.24. The fourth-order valence-corrected chi connectivity index (χ4v) is 3.31. The minimum atomic E-state index is 0.446. The Morgan fingerprint density at radius 1 is 1.16 bits per heavy atom. The first kappa shape index (κ1) is 14.3. The van der Waals surface area contributed by atoms with Gasteiger partial charge in [-0.2, -0.15) is 0 Å². The highest BCUT2D eigenvalue weighted by molar-refractivity contribution is 7.10. The number of benzene rings is 1. The Morgan fingerprint density at radius 2 is 1.89 bits per heavy atom. The second kappa shape index (κ2) is 6.88. The van der Waals surface area contributed by atoms with Crippen molar-refractivity contribution >= 4 is 11.3 Å². The van der Waals surface area contributed by atoms with Crippen LogP contribution in [0.4, 0.5) is 0 Å². The molecule has 1 atom stereocenters. The molecule has 1 aromatic heterocycles. The van der Waals surface area contributed by atoms with Crippen LogP contribution in [0, 0.1) is 13.8 Å². The Balaban J connectivity index is 2.15. The zero-order chi connectivity index (χ0) is 13.7. The summed E-state index contributed by atoms with van der Waals surface area (Å²) in [4.78, 5) is 1.44. The zero-order valence-corrected chi connectivity index (χ0v) is 12.9. The summed E-state index contributed by atoms with van der Waals surface area (Å²) in [6, 6.07) is 11.7. The molecule has 1 N–H and O–H groups in total. The maximum absolute atomic E-state index is 3.67. The molecule has 0 bridgehead atoms. The molecule has 2 aromatic rings. The molecule has 1 heterocycles. The van der Waals surface area contributed by atoms with Crippen LogP contribution < -0.4 is 5.32 Å². The Morgan fingerprint density at radius 3 is 2.47 bits per heavy atom. The first-order chi connectivity index (χ1) is 9.19. The minimum Gasteiger partial charge on any atom is -0.309 e. The summed E-state index contributed by atoms with van der Waals surface area (Å²) >= 11 is 1.85. The molecule has 0 amide bonds. The van der Waals surface area contributed by atoms with Crippen molar-refractivity contribution in [2.45, 2.75) is 39.7 Å². The third kappa shape index (κ3) is 4.19. The van der Waals surface area contributed by atoms with E-state index < -0.39 is 0 Å². The third-order valence-corrected chi connectivity index (χ3v) is 4.23. The Hall–Kier alpha value is -1.12. The van der Waals surface area contributed by atoms with Crippen LogP contribution in [0.2, 0.25) is 0 Å². The van der Waals surface area contributed by atoms with Gasteiger partial charge in [0, 0.05) is 10.9 Å². The van der Waals surface area contributed by atoms with E-state index in [1.807, 2.05) is 11.3 Å². The van der Waals surface area contributed by atoms with E-state index in [1.165, 1.54) is 28.0 Å². The predicted octanol–water partition coefficient (Wildman–Crippen LogP) is 4.65. The molecule has 0 aliphatic rings. The first-order valence-corrected chi connectivity index (χ1v) is 7.91. The fraction of sp³-hybridized carbons (Fsp3) is 0.412. The van der Waals surface area contributed by atoms with E-state index in [0.29, 0.717) is 6.04 Å². The van der Waals surface area contributed by atoms with Crippen LogP contribution in [0.15, 0.2) is 35.7 Å². The standard InChI is InChI=1S/C17H23NS/c1-4-7-18-16(17-6-5-8-19-17)12-15-10-13(2)9-14(3)11-15/h5-6,8-11,16,18H,4,7,12H2,1-3H3. The van der Waals surface area contributed by atoms with Crippen LogP contribution in [0.5, 0.6) is 0 Å². The van der Waals surface area contributed by atoms with Crippen LogP contribution in [-0.2, 0) is 6.42 Å². The largest absolute Gasteiger partial charge is 0.309 e. The number of nitrogens with one attached hydrogen (secondary N) is 1. The van der Waals surface area contributed by atoms with Gasteiger partial charge in [-0.3, -0.25) is 0 Å². The minimum absolute atomic E-state index is 0.446. The monoisotopic (exact) mass is 273 g/mol. The number of hydrogen-bond acceptors (Lipinski definition) is 2. The van der Waals surface area contributed by atoms with Crippen molar-refractivity contribution in [3.63, 3.8) is 0 Å². The Labute approximate surface area is 120 Å². The molecular formula is C17H23NS. The summed E-state index contributed by atoms with van der Waals surface area (Å²) < 4.78 is 0. The smallest absolute Gasteiger partial charge is 0.0455 e. The van der Waals surface area contributed by atoms with Gasteiger partial charge in [0.15, 0.2) is 0 Å². The van der Waals surface area contributed by atoms with Gasteiger partial charge in [-0.1, -0.05) is 42.3 Å². The van der Waals surface area contributed by atoms with Gasteiger partial charge in [0.25, 0.3) is 0 Å². The molecule has 102 valence electrons. The predicted molar refractivity (Wildman–Crippen MR) is 85.0 cm³/mol. The maximum atomic E-state index is 3.67. The molecule has 0 radical (unpaired) electrons. The Kier molecular flexibility index (Phi) is 5.17. The van der Waals surface area contributed by atoms with Gasteiger partial charge in [-0.15, -0.1) is 11.3 Å². The van der Waals surface area contributed by atoms with Crippen LogP contribution in [-0.4, -0.2) is 6.54 Å². The summed E-state index contributed by atoms with van der Waals surface area (Å²) in [5, 5.41) is 5.83. The Bertz CT molecular complexity index is 482. The van der Waals surface area contributed by atoms with Gasteiger partial charge in [0.1, 0.15) is 0 Å². The van der Waals surface area contributed by atoms with Crippen molar-refractivity contribution in [1.82, 2.24) is 5.32 Å². The first-order valence-electron chi connectivity index (χ1n) is 7.03. The molecular weight excluding hydrogens is 250 g/mol. The highest BCUT2D eigenvalue weighted by atomic mass is 32.1. The van der Waals surface area contributed by atoms with Crippen molar-refractivity contribution in [2.75, 3.05) is 6.54 Å². The lowest BCUT2D eigenvalue weighted by atomic mass is 10.0. The molecule has 2 rings (SSSR count). The molecule has 19 heavy (non-hydrogen) atoms. The molecule has 0 aliphatic heterocycles. The van der Waals surface area contributed by atoms with Gasteiger partial charge in [-0.25, -0.2) is 0 Å². The quantitative estimate of drug-likeness (QED) is 0.808. The third-order valence-electron chi connectivity index (χ3n) is 3.25. The highest BCUT2D eigenvalue weighted by Gasteiger charge is 2.12. The van der Waals surface area contributed by atoms with E-state index in [4.69, 9.17) is 0 Å². The zero-order valence-electron chi connectivity index (χ0n) is 12.1. The number of thiophene rings is 1. The van der Waals surface area contributed by atoms with Gasteiger partial charge < -0.3 is 5.32 Å². The molecule has 1 aromatic carbocycles. The molecule has 0 saturated carbocycles. The summed E-state index contributed by atoms with van der Waals surface area (Å²) in [5.74, 6) is 0. The van der Waals surface area contributed by atoms with E-state index in [-0.39, 0.29) is 0 Å². The summed E-state index contributed by atoms with van der Waals surface area (Å²) in [6.45, 7) is 7.65. The van der Waals surface area contributed by atoms with Crippen molar-refractivity contribution < 1.29 is 0 Å². The van der Waals surface area contributed by atoms with Gasteiger partial charge in [0.2, 0.25) is 0 Å². The molecule has 2 heteroatoms. The average molecular weight is 273 g/mol. The maximum Gasteiger partial charge on any atom is 0.0455 e. The molecule has 0 aliphatic carbocycles. The summed E-state index contributed by atoms with van der Waals surface area (Å²) in [7, 11) is 0. The average Bonchev–Trinajstić information content (AvgIpc) is 2.87. The van der Waals surface area contributed by atoms with Gasteiger partial charge in [-0.05, 0) is 50.2 Å². The molecule has 0 fully saturated rings. The van der Waals surface area contributed by atoms with Crippen molar-refractivity contribution in [1.29, 1.82) is 0 Å².